The zero-order chi connectivity index (χ0) is 13.3. The summed E-state index contributed by atoms with van der Waals surface area (Å²) in [6.45, 7) is 2.00. The first kappa shape index (κ1) is 13.5. The van der Waals surface area contributed by atoms with Gasteiger partial charge in [-0.15, -0.1) is 11.3 Å². The zero-order valence-corrected chi connectivity index (χ0v) is 12.3. The van der Waals surface area contributed by atoms with Gasteiger partial charge in [0.1, 0.15) is 6.04 Å². The van der Waals surface area contributed by atoms with Gasteiger partial charge in [0.15, 0.2) is 0 Å². The van der Waals surface area contributed by atoms with E-state index in [-0.39, 0.29) is 11.8 Å². The van der Waals surface area contributed by atoms with Crippen LogP contribution in [-0.2, 0) is 16.0 Å². The van der Waals surface area contributed by atoms with Crippen molar-refractivity contribution in [3.8, 4) is 0 Å². The Hall–Kier alpha value is -0.880. The van der Waals surface area contributed by atoms with Crippen molar-refractivity contribution < 1.29 is 14.7 Å². The van der Waals surface area contributed by atoms with Gasteiger partial charge in [-0.25, -0.2) is 4.79 Å². The third-order valence-corrected chi connectivity index (χ3v) is 5.09. The van der Waals surface area contributed by atoms with Crippen LogP contribution in [0.5, 0.6) is 0 Å². The summed E-state index contributed by atoms with van der Waals surface area (Å²) in [6, 6.07) is 1.03. The Morgan fingerprint density at radius 3 is 2.78 bits per heavy atom. The molecule has 1 heterocycles. The molecule has 0 saturated heterocycles. The standard InChI is InChI=1S/C12H14BrNO3S/c1-6-4-7(6)11(15)14-9(12(16)17)5-10-8(13)2-3-18-10/h2-3,6-7,9H,4-5H2,1H3,(H,14,15)(H,16,17)/t6-,7+,9-/m0/s1. The van der Waals surface area contributed by atoms with Gasteiger partial charge < -0.3 is 10.4 Å². The van der Waals surface area contributed by atoms with Gasteiger partial charge in [0.25, 0.3) is 0 Å². The molecule has 1 aromatic rings. The predicted molar refractivity (Wildman–Crippen MR) is 72.6 cm³/mol. The number of aliphatic carboxylic acids is 1. The molecule has 1 aliphatic rings. The second-order valence-electron chi connectivity index (χ2n) is 4.61. The first-order valence-electron chi connectivity index (χ1n) is 5.74. The van der Waals surface area contributed by atoms with E-state index in [0.717, 1.165) is 15.8 Å². The summed E-state index contributed by atoms with van der Waals surface area (Å²) in [6.07, 6.45) is 1.18. The monoisotopic (exact) mass is 331 g/mol. The Kier molecular flexibility index (Phi) is 4.07. The molecule has 1 saturated carbocycles. The van der Waals surface area contributed by atoms with Crippen LogP contribution < -0.4 is 5.32 Å². The Bertz CT molecular complexity index is 474. The largest absolute Gasteiger partial charge is 0.480 e. The maximum absolute atomic E-state index is 11.8. The maximum Gasteiger partial charge on any atom is 0.326 e. The molecular weight excluding hydrogens is 318 g/mol. The lowest BCUT2D eigenvalue weighted by Gasteiger charge is -2.14. The Labute approximate surface area is 118 Å². The molecule has 18 heavy (non-hydrogen) atoms. The predicted octanol–water partition coefficient (Wildman–Crippen LogP) is 2.28. The Morgan fingerprint density at radius 2 is 2.33 bits per heavy atom. The smallest absolute Gasteiger partial charge is 0.326 e. The number of nitrogens with one attached hydrogen (secondary N) is 1. The fourth-order valence-corrected chi connectivity index (χ4v) is 3.38. The summed E-state index contributed by atoms with van der Waals surface area (Å²) < 4.78 is 0.896. The Balaban J connectivity index is 1.98. The number of carboxylic acid groups (broad SMARTS) is 1. The highest BCUT2D eigenvalue weighted by Crippen LogP contribution is 2.37. The summed E-state index contributed by atoms with van der Waals surface area (Å²) in [5.41, 5.74) is 0. The highest BCUT2D eigenvalue weighted by Gasteiger charge is 2.40. The number of carbonyl (C=O) groups excluding carboxylic acids is 1. The van der Waals surface area contributed by atoms with E-state index in [1.807, 2.05) is 18.4 Å². The van der Waals surface area contributed by atoms with Crippen LogP contribution in [0.15, 0.2) is 15.9 Å². The van der Waals surface area contributed by atoms with Crippen molar-refractivity contribution in [2.75, 3.05) is 0 Å². The minimum atomic E-state index is -0.989. The summed E-state index contributed by atoms with van der Waals surface area (Å²) >= 11 is 4.85. The van der Waals surface area contributed by atoms with Crippen LogP contribution in [-0.4, -0.2) is 23.0 Å². The molecule has 4 nitrogen and oxygen atoms in total. The average Bonchev–Trinajstić information content (AvgIpc) is 2.90. The van der Waals surface area contributed by atoms with E-state index >= 15 is 0 Å². The number of halogens is 1. The molecule has 1 aromatic heterocycles. The lowest BCUT2D eigenvalue weighted by Crippen LogP contribution is -2.43. The van der Waals surface area contributed by atoms with Crippen molar-refractivity contribution in [1.29, 1.82) is 0 Å². The number of rotatable bonds is 5. The van der Waals surface area contributed by atoms with Crippen molar-refractivity contribution in [2.45, 2.75) is 25.8 Å². The summed E-state index contributed by atoms with van der Waals surface area (Å²) in [5.74, 6) is -0.744. The number of hydrogen-bond donors (Lipinski definition) is 2. The number of hydrogen-bond acceptors (Lipinski definition) is 3. The molecule has 0 radical (unpaired) electrons. The van der Waals surface area contributed by atoms with Crippen LogP contribution in [0, 0.1) is 11.8 Å². The second kappa shape index (κ2) is 5.40. The lowest BCUT2D eigenvalue weighted by molar-refractivity contribution is -0.142. The fraction of sp³-hybridized carbons (Fsp3) is 0.500. The first-order valence-corrected chi connectivity index (χ1v) is 7.41. The van der Waals surface area contributed by atoms with Crippen LogP contribution >= 0.6 is 27.3 Å². The van der Waals surface area contributed by atoms with E-state index in [4.69, 9.17) is 5.11 Å². The normalized spacial score (nSPS) is 23.4. The third kappa shape index (κ3) is 3.11. The van der Waals surface area contributed by atoms with Gasteiger partial charge in [-0.3, -0.25) is 4.79 Å². The molecule has 0 unspecified atom stereocenters. The van der Waals surface area contributed by atoms with Crippen molar-refractivity contribution in [2.24, 2.45) is 11.8 Å². The number of thiophene rings is 1. The van der Waals surface area contributed by atoms with Crippen LogP contribution in [0.4, 0.5) is 0 Å². The maximum atomic E-state index is 11.8. The molecule has 1 fully saturated rings. The van der Waals surface area contributed by atoms with E-state index < -0.39 is 12.0 Å². The third-order valence-electron chi connectivity index (χ3n) is 3.14. The highest BCUT2D eigenvalue weighted by molar-refractivity contribution is 9.10. The molecule has 6 heteroatoms. The van der Waals surface area contributed by atoms with E-state index in [1.165, 1.54) is 11.3 Å². The van der Waals surface area contributed by atoms with Crippen molar-refractivity contribution in [3.05, 3.63) is 20.8 Å². The van der Waals surface area contributed by atoms with Gasteiger partial charge in [0.05, 0.1) is 0 Å². The molecule has 1 amide bonds. The van der Waals surface area contributed by atoms with E-state index in [0.29, 0.717) is 12.3 Å². The molecule has 2 rings (SSSR count). The molecule has 1 aliphatic carbocycles. The summed E-state index contributed by atoms with van der Waals surface area (Å²) in [4.78, 5) is 23.9. The van der Waals surface area contributed by atoms with E-state index in [9.17, 15) is 9.59 Å². The minimum Gasteiger partial charge on any atom is -0.480 e. The number of carbonyl (C=O) groups is 2. The van der Waals surface area contributed by atoms with Crippen LogP contribution in [0.1, 0.15) is 18.2 Å². The van der Waals surface area contributed by atoms with Gasteiger partial charge in [-0.1, -0.05) is 6.92 Å². The lowest BCUT2D eigenvalue weighted by atomic mass is 10.1. The van der Waals surface area contributed by atoms with E-state index in [1.54, 1.807) is 0 Å². The molecule has 2 N–H and O–H groups in total. The van der Waals surface area contributed by atoms with Gasteiger partial charge in [0, 0.05) is 21.7 Å². The fourth-order valence-electron chi connectivity index (χ4n) is 1.82. The van der Waals surface area contributed by atoms with E-state index in [2.05, 4.69) is 21.2 Å². The van der Waals surface area contributed by atoms with Crippen molar-refractivity contribution in [1.82, 2.24) is 5.32 Å². The first-order chi connectivity index (χ1) is 8.49. The molecule has 3 atom stereocenters. The highest BCUT2D eigenvalue weighted by atomic mass is 79.9. The molecule has 0 bridgehead atoms. The van der Waals surface area contributed by atoms with Crippen LogP contribution in [0.2, 0.25) is 0 Å². The Morgan fingerprint density at radius 1 is 1.67 bits per heavy atom. The number of carboxylic acids is 1. The van der Waals surface area contributed by atoms with Gasteiger partial charge >= 0.3 is 5.97 Å². The second-order valence-corrected chi connectivity index (χ2v) is 6.47. The topological polar surface area (TPSA) is 66.4 Å². The van der Waals surface area contributed by atoms with Gasteiger partial charge in [-0.05, 0) is 39.7 Å². The van der Waals surface area contributed by atoms with Gasteiger partial charge in [-0.2, -0.15) is 0 Å². The quantitative estimate of drug-likeness (QED) is 0.869. The summed E-state index contributed by atoms with van der Waals surface area (Å²) in [5, 5.41) is 13.7. The average molecular weight is 332 g/mol. The van der Waals surface area contributed by atoms with Crippen LogP contribution in [0.3, 0.4) is 0 Å². The molecule has 0 aromatic carbocycles. The van der Waals surface area contributed by atoms with Crippen molar-refractivity contribution >= 4 is 39.1 Å². The van der Waals surface area contributed by atoms with Gasteiger partial charge in [0.2, 0.25) is 5.91 Å². The molecule has 0 aliphatic heterocycles. The molecule has 98 valence electrons. The minimum absolute atomic E-state index is 0.00127. The van der Waals surface area contributed by atoms with Crippen molar-refractivity contribution in [3.63, 3.8) is 0 Å². The SMILES string of the molecule is C[C@H]1C[C@H]1C(=O)N[C@@H](Cc1sccc1Br)C(=O)O. The molecule has 0 spiro atoms. The zero-order valence-electron chi connectivity index (χ0n) is 9.85. The van der Waals surface area contributed by atoms with Crippen LogP contribution in [0.25, 0.3) is 0 Å². The number of amides is 1. The molecular formula is C12H14BrNO3S. The summed E-state index contributed by atoms with van der Waals surface area (Å²) in [7, 11) is 0.